The van der Waals surface area contributed by atoms with Gasteiger partial charge in [0.05, 0.1) is 12.5 Å². The minimum atomic E-state index is -1.58. The van der Waals surface area contributed by atoms with Crippen molar-refractivity contribution in [1.29, 1.82) is 0 Å². The third-order valence-corrected chi connectivity index (χ3v) is 14.5. The summed E-state index contributed by atoms with van der Waals surface area (Å²) in [6, 6.07) is 11.0. The Bertz CT molecular complexity index is 2600. The molecule has 1 saturated heterocycles. The Labute approximate surface area is 435 Å². The van der Waals surface area contributed by atoms with Gasteiger partial charge in [0, 0.05) is 53.6 Å². The Morgan fingerprint density at radius 2 is 1.24 bits per heavy atom. The number of carbonyl (C=O) groups excluding carboxylic acids is 7. The fourth-order valence-electron chi connectivity index (χ4n) is 7.94. The van der Waals surface area contributed by atoms with Gasteiger partial charge in [-0.05, 0) is 66.6 Å². The van der Waals surface area contributed by atoms with Crippen molar-refractivity contribution in [2.45, 2.75) is 107 Å². The van der Waals surface area contributed by atoms with Gasteiger partial charge in [-0.2, -0.15) is 0 Å². The number of nitrogen functional groups attached to an aromatic ring is 1. The predicted molar refractivity (Wildman–Crippen MR) is 281 cm³/mol. The lowest BCUT2D eigenvalue weighted by Crippen LogP contribution is -2.61. The van der Waals surface area contributed by atoms with Crippen LogP contribution in [0.2, 0.25) is 0 Å². The van der Waals surface area contributed by atoms with Crippen LogP contribution >= 0.6 is 21.6 Å². The molecular weight excluding hydrogens is 995 g/mol. The molecule has 0 unspecified atom stereocenters. The third kappa shape index (κ3) is 17.5. The number of hydrogen-bond acceptors (Lipinski definition) is 14. The maximum absolute atomic E-state index is 14.8. The van der Waals surface area contributed by atoms with Crippen LogP contribution in [-0.4, -0.2) is 135 Å². The van der Waals surface area contributed by atoms with E-state index in [2.05, 4.69) is 42.2 Å². The summed E-state index contributed by atoms with van der Waals surface area (Å²) in [5, 5.41) is 38.8. The van der Waals surface area contributed by atoms with E-state index in [4.69, 9.17) is 17.2 Å². The highest BCUT2D eigenvalue weighted by Crippen LogP contribution is 2.25. The van der Waals surface area contributed by atoms with E-state index in [0.717, 1.165) is 32.5 Å². The van der Waals surface area contributed by atoms with Crippen molar-refractivity contribution in [3.8, 4) is 0 Å². The van der Waals surface area contributed by atoms with Gasteiger partial charge in [-0.25, -0.2) is 4.79 Å². The molecular formula is C50H65N11O11S2. The average Bonchev–Trinajstić information content (AvgIpc) is 3.77. The molecule has 74 heavy (non-hydrogen) atoms. The van der Waals surface area contributed by atoms with E-state index in [-0.39, 0.29) is 43.7 Å². The summed E-state index contributed by atoms with van der Waals surface area (Å²) >= 11 is 0. The van der Waals surface area contributed by atoms with E-state index in [1.54, 1.807) is 80.7 Å². The lowest BCUT2D eigenvalue weighted by molar-refractivity contribution is -0.143. The topological polar surface area (TPSA) is 372 Å². The zero-order valence-electron chi connectivity index (χ0n) is 41.0. The number of carbonyl (C=O) groups is 9. The second-order valence-electron chi connectivity index (χ2n) is 18.2. The first-order valence-electron chi connectivity index (χ1n) is 24.0. The fourth-order valence-corrected chi connectivity index (χ4v) is 10.3. The molecule has 398 valence electrons. The van der Waals surface area contributed by atoms with E-state index in [1.807, 2.05) is 18.2 Å². The molecule has 16 N–H and O–H groups in total. The van der Waals surface area contributed by atoms with Crippen LogP contribution in [0.4, 0.5) is 5.69 Å². The summed E-state index contributed by atoms with van der Waals surface area (Å²) < 4.78 is 0. The van der Waals surface area contributed by atoms with Crippen LogP contribution in [0.3, 0.4) is 0 Å². The largest absolute Gasteiger partial charge is 0.481 e. The molecule has 4 aromatic rings. The van der Waals surface area contributed by atoms with Gasteiger partial charge in [-0.3, -0.25) is 38.4 Å². The van der Waals surface area contributed by atoms with Crippen molar-refractivity contribution in [3.63, 3.8) is 0 Å². The van der Waals surface area contributed by atoms with E-state index in [9.17, 15) is 53.4 Å². The van der Waals surface area contributed by atoms with Crippen molar-refractivity contribution < 1.29 is 53.4 Å². The van der Waals surface area contributed by atoms with Crippen LogP contribution in [0.15, 0.2) is 85.1 Å². The van der Waals surface area contributed by atoms with Gasteiger partial charge in [0.1, 0.15) is 42.3 Å². The summed E-state index contributed by atoms with van der Waals surface area (Å²) in [6.45, 7) is 3.42. The van der Waals surface area contributed by atoms with E-state index in [0.29, 0.717) is 35.2 Å². The standard InChI is InChI=1S/C50H65N11O11S2/c1-27(2)42(50(71)72)61-49(70)40-26-74-73-25-39(59-43(64)33(53)23-41(62)63)48(69)57-36(20-28-10-4-3-5-11-28)45(66)58-38(22-30-24-54-34-13-7-6-12-32(30)34)47(68)55-35(14-8-9-19-51)44(65)56-37(46(67)60-40)21-29-15-17-31(52)18-16-29/h3-7,10-13,15-18,24,27,33,35-40,42,54H,8-9,14,19-23,25-26,51-53H2,1-2H3,(H,55,68)(H,56,65)(H,57,69)(H,58,66)(H,59,64)(H,60,67)(H,61,70)(H,62,63)(H,71,72)/t33-,35-,36-,37-,38-,39-,40-,42-/m0/s1. The number of hydrogen-bond donors (Lipinski definition) is 13. The summed E-state index contributed by atoms with van der Waals surface area (Å²) in [6.07, 6.45) is 1.41. The zero-order valence-corrected chi connectivity index (χ0v) is 42.6. The molecule has 24 heteroatoms. The summed E-state index contributed by atoms with van der Waals surface area (Å²) in [7, 11) is 1.91. The van der Waals surface area contributed by atoms with Crippen molar-refractivity contribution in [3.05, 3.63) is 102 Å². The molecule has 3 aromatic carbocycles. The highest BCUT2D eigenvalue weighted by molar-refractivity contribution is 8.76. The Morgan fingerprint density at radius 3 is 1.86 bits per heavy atom. The molecule has 0 aliphatic carbocycles. The molecule has 0 radical (unpaired) electrons. The van der Waals surface area contributed by atoms with Gasteiger partial charge < -0.3 is 69.6 Å². The maximum Gasteiger partial charge on any atom is 0.326 e. The Morgan fingerprint density at radius 1 is 0.689 bits per heavy atom. The van der Waals surface area contributed by atoms with Gasteiger partial charge in [0.15, 0.2) is 0 Å². The van der Waals surface area contributed by atoms with Crippen LogP contribution in [0.1, 0.15) is 56.2 Å². The number of unbranched alkanes of at least 4 members (excludes halogenated alkanes) is 1. The molecule has 0 saturated carbocycles. The number of para-hydroxylation sites is 1. The Kier molecular flexibility index (Phi) is 22.1. The number of nitrogens with two attached hydrogens (primary N) is 3. The van der Waals surface area contributed by atoms with Crippen LogP contribution in [-0.2, 0) is 62.4 Å². The van der Waals surface area contributed by atoms with Crippen LogP contribution in [0.25, 0.3) is 10.9 Å². The number of benzene rings is 3. The van der Waals surface area contributed by atoms with Gasteiger partial charge in [0.2, 0.25) is 41.4 Å². The second-order valence-corrected chi connectivity index (χ2v) is 20.7. The first-order valence-corrected chi connectivity index (χ1v) is 26.5. The number of amides is 7. The fraction of sp³-hybridized carbons (Fsp3) is 0.420. The molecule has 1 fully saturated rings. The SMILES string of the molecule is CC(C)[C@H](NC(=O)[C@@H]1CSSC[C@H](NC(=O)[C@@H](N)CC(=O)O)C(=O)N[C@@H](Cc2ccccc2)C(=O)N[C@@H](Cc2c[nH]c3ccccc23)C(=O)N[C@@H](CCCCN)C(=O)N[C@@H](Cc2ccc(N)cc2)C(=O)N1)C(=O)O. The van der Waals surface area contributed by atoms with Gasteiger partial charge in [-0.15, -0.1) is 0 Å². The molecule has 1 aromatic heterocycles. The molecule has 8 atom stereocenters. The van der Waals surface area contributed by atoms with Crippen LogP contribution < -0.4 is 54.4 Å². The number of fused-ring (bicyclic) bond motifs is 1. The first-order chi connectivity index (χ1) is 35.3. The summed E-state index contributed by atoms with van der Waals surface area (Å²) in [4.78, 5) is 127. The number of rotatable bonds is 18. The van der Waals surface area contributed by atoms with Crippen molar-refractivity contribution >= 4 is 91.5 Å². The summed E-state index contributed by atoms with van der Waals surface area (Å²) in [5.41, 5.74) is 20.6. The third-order valence-electron chi connectivity index (χ3n) is 12.1. The minimum Gasteiger partial charge on any atom is -0.481 e. The number of carboxylic acid groups (broad SMARTS) is 2. The lowest BCUT2D eigenvalue weighted by atomic mass is 10.0. The average molecular weight is 1060 g/mol. The molecule has 0 spiro atoms. The van der Waals surface area contributed by atoms with Crippen molar-refractivity contribution in [2.24, 2.45) is 17.4 Å². The highest BCUT2D eigenvalue weighted by Gasteiger charge is 2.36. The summed E-state index contributed by atoms with van der Waals surface area (Å²) in [5.74, 6) is -9.87. The number of carboxylic acids is 2. The maximum atomic E-state index is 14.8. The van der Waals surface area contributed by atoms with Gasteiger partial charge >= 0.3 is 11.9 Å². The number of aromatic nitrogens is 1. The van der Waals surface area contributed by atoms with Crippen LogP contribution in [0, 0.1) is 5.92 Å². The number of aliphatic carboxylic acids is 2. The molecule has 7 amide bonds. The van der Waals surface area contributed by atoms with Crippen molar-refractivity contribution in [2.75, 3.05) is 23.8 Å². The molecule has 0 bridgehead atoms. The Hall–Kier alpha value is -7.15. The molecule has 22 nitrogen and oxygen atoms in total. The van der Waals surface area contributed by atoms with E-state index in [1.165, 1.54) is 0 Å². The van der Waals surface area contributed by atoms with Crippen LogP contribution in [0.5, 0.6) is 0 Å². The smallest absolute Gasteiger partial charge is 0.326 e. The normalized spacial score (nSPS) is 21.4. The Balaban J connectivity index is 1.62. The quantitative estimate of drug-likeness (QED) is 0.0361. The van der Waals surface area contributed by atoms with Crippen molar-refractivity contribution in [1.82, 2.24) is 42.2 Å². The zero-order chi connectivity index (χ0) is 53.9. The van der Waals surface area contributed by atoms with E-state index < -0.39 is 114 Å². The molecule has 2 heterocycles. The predicted octanol–water partition coefficient (Wildman–Crippen LogP) is 0.238. The molecule has 1 aliphatic heterocycles. The van der Waals surface area contributed by atoms with Gasteiger partial charge in [0.25, 0.3) is 0 Å². The number of anilines is 1. The second kappa shape index (κ2) is 28.3. The van der Waals surface area contributed by atoms with Gasteiger partial charge in [-0.1, -0.05) is 96.1 Å². The minimum absolute atomic E-state index is 0.0410. The molecule has 1 aliphatic rings. The first kappa shape index (κ1) is 57.7. The highest BCUT2D eigenvalue weighted by atomic mass is 33.1. The monoisotopic (exact) mass is 1060 g/mol. The number of nitrogens with one attached hydrogen (secondary N) is 8. The number of H-pyrrole nitrogens is 1. The number of aromatic amines is 1. The molecule has 5 rings (SSSR count). The van der Waals surface area contributed by atoms with E-state index >= 15 is 0 Å². The lowest BCUT2D eigenvalue weighted by Gasteiger charge is -2.29.